The number of aryl methyl sites for hydroxylation is 2. The Kier molecular flexibility index (Phi) is 5.38. The van der Waals surface area contributed by atoms with Crippen LogP contribution in [-0.2, 0) is 11.3 Å². The molecular weight excluding hydrogens is 387 g/mol. The topological polar surface area (TPSA) is 90.1 Å². The molecule has 0 aliphatic heterocycles. The summed E-state index contributed by atoms with van der Waals surface area (Å²) in [5.41, 5.74) is 3.17. The highest BCUT2D eigenvalue weighted by Crippen LogP contribution is 2.33. The number of benzene rings is 2. The molecule has 0 radical (unpaired) electrons. The standard InChI is InChI=1S/C22H19FN4O3/c1-13-6-3-4-7-16(13)11-24-18(28)12-29-21-19-20(15-8-5-9-17(23)10-15)27-30-22(19)26-14(2)25-21/h3-10H,11-12H2,1-2H3,(H,24,28). The molecule has 2 aromatic heterocycles. The molecule has 30 heavy (non-hydrogen) atoms. The van der Waals surface area contributed by atoms with Crippen molar-refractivity contribution in [1.29, 1.82) is 0 Å². The molecule has 8 heteroatoms. The number of fused-ring (bicyclic) bond motifs is 1. The molecule has 0 aliphatic rings. The minimum Gasteiger partial charge on any atom is -0.467 e. The van der Waals surface area contributed by atoms with Crippen LogP contribution in [0.3, 0.4) is 0 Å². The molecule has 0 spiro atoms. The lowest BCUT2D eigenvalue weighted by atomic mass is 10.1. The second kappa shape index (κ2) is 8.28. The molecule has 0 saturated heterocycles. The van der Waals surface area contributed by atoms with E-state index >= 15 is 0 Å². The lowest BCUT2D eigenvalue weighted by Gasteiger charge is -2.09. The first-order chi connectivity index (χ1) is 14.5. The number of aromatic nitrogens is 3. The van der Waals surface area contributed by atoms with Crippen LogP contribution in [0.2, 0.25) is 0 Å². The van der Waals surface area contributed by atoms with E-state index in [2.05, 4.69) is 20.4 Å². The van der Waals surface area contributed by atoms with E-state index in [1.54, 1.807) is 19.1 Å². The Labute approximate surface area is 171 Å². The first-order valence-electron chi connectivity index (χ1n) is 9.35. The third kappa shape index (κ3) is 4.12. The number of hydrogen-bond donors (Lipinski definition) is 1. The Hall–Kier alpha value is -3.81. The predicted octanol–water partition coefficient (Wildman–Crippen LogP) is 3.74. The Morgan fingerprint density at radius 3 is 2.77 bits per heavy atom. The summed E-state index contributed by atoms with van der Waals surface area (Å²) in [4.78, 5) is 20.8. The zero-order valence-corrected chi connectivity index (χ0v) is 16.5. The van der Waals surface area contributed by atoms with Gasteiger partial charge in [0.25, 0.3) is 11.6 Å². The summed E-state index contributed by atoms with van der Waals surface area (Å²) in [5.74, 6) is -0.148. The normalized spacial score (nSPS) is 10.9. The molecule has 0 atom stereocenters. The van der Waals surface area contributed by atoms with Crippen LogP contribution in [0.4, 0.5) is 4.39 Å². The Morgan fingerprint density at radius 2 is 1.97 bits per heavy atom. The number of carbonyl (C=O) groups is 1. The maximum Gasteiger partial charge on any atom is 0.265 e. The van der Waals surface area contributed by atoms with Gasteiger partial charge in [-0.1, -0.05) is 41.6 Å². The molecule has 0 unspecified atom stereocenters. The summed E-state index contributed by atoms with van der Waals surface area (Å²) >= 11 is 0. The van der Waals surface area contributed by atoms with Gasteiger partial charge in [0.1, 0.15) is 22.7 Å². The second-order valence-corrected chi connectivity index (χ2v) is 6.79. The first kappa shape index (κ1) is 19.5. The Balaban J connectivity index is 1.54. The van der Waals surface area contributed by atoms with Crippen LogP contribution >= 0.6 is 0 Å². The number of hydrogen-bond acceptors (Lipinski definition) is 6. The monoisotopic (exact) mass is 406 g/mol. The second-order valence-electron chi connectivity index (χ2n) is 6.79. The van der Waals surface area contributed by atoms with Crippen molar-refractivity contribution < 1.29 is 18.4 Å². The van der Waals surface area contributed by atoms with Crippen molar-refractivity contribution in [3.63, 3.8) is 0 Å². The molecule has 4 rings (SSSR count). The van der Waals surface area contributed by atoms with Crippen LogP contribution in [0.5, 0.6) is 5.88 Å². The number of rotatable bonds is 6. The molecule has 1 N–H and O–H groups in total. The molecule has 0 saturated carbocycles. The van der Waals surface area contributed by atoms with Crippen LogP contribution in [-0.4, -0.2) is 27.6 Å². The fraction of sp³-hybridized carbons (Fsp3) is 0.182. The number of ether oxygens (including phenoxy) is 1. The van der Waals surface area contributed by atoms with Crippen LogP contribution in [0, 0.1) is 19.7 Å². The van der Waals surface area contributed by atoms with E-state index in [-0.39, 0.29) is 24.1 Å². The first-order valence-corrected chi connectivity index (χ1v) is 9.35. The van der Waals surface area contributed by atoms with Crippen molar-refractivity contribution in [2.45, 2.75) is 20.4 Å². The van der Waals surface area contributed by atoms with Crippen molar-refractivity contribution in [1.82, 2.24) is 20.4 Å². The summed E-state index contributed by atoms with van der Waals surface area (Å²) in [6.07, 6.45) is 0. The van der Waals surface area contributed by atoms with Gasteiger partial charge >= 0.3 is 0 Å². The fourth-order valence-corrected chi connectivity index (χ4v) is 3.05. The Morgan fingerprint density at radius 1 is 1.13 bits per heavy atom. The molecule has 0 bridgehead atoms. The largest absolute Gasteiger partial charge is 0.467 e. The predicted molar refractivity (Wildman–Crippen MR) is 108 cm³/mol. The number of nitrogens with zero attached hydrogens (tertiary/aromatic N) is 3. The zero-order valence-electron chi connectivity index (χ0n) is 16.5. The molecule has 2 aromatic carbocycles. The molecule has 152 valence electrons. The van der Waals surface area contributed by atoms with E-state index in [0.29, 0.717) is 29.0 Å². The van der Waals surface area contributed by atoms with Gasteiger partial charge in [-0.25, -0.2) is 4.39 Å². The Bertz CT molecular complexity index is 1220. The van der Waals surface area contributed by atoms with Gasteiger partial charge in [-0.15, -0.1) is 0 Å². The molecule has 1 amide bonds. The fourth-order valence-electron chi connectivity index (χ4n) is 3.05. The maximum atomic E-state index is 13.7. The number of nitrogens with one attached hydrogen (secondary N) is 1. The van der Waals surface area contributed by atoms with Crippen LogP contribution in [0.1, 0.15) is 17.0 Å². The summed E-state index contributed by atoms with van der Waals surface area (Å²) < 4.78 is 24.6. The van der Waals surface area contributed by atoms with E-state index in [1.165, 1.54) is 12.1 Å². The van der Waals surface area contributed by atoms with Crippen molar-refractivity contribution in [2.75, 3.05) is 6.61 Å². The number of halogens is 1. The quantitative estimate of drug-likeness (QED) is 0.525. The molecule has 4 aromatic rings. The van der Waals surface area contributed by atoms with Crippen molar-refractivity contribution in [2.24, 2.45) is 0 Å². The van der Waals surface area contributed by atoms with Gasteiger partial charge in [0.15, 0.2) is 6.61 Å². The van der Waals surface area contributed by atoms with Crippen molar-refractivity contribution in [3.8, 4) is 17.1 Å². The van der Waals surface area contributed by atoms with E-state index in [0.717, 1.165) is 11.1 Å². The summed E-state index contributed by atoms with van der Waals surface area (Å²) in [7, 11) is 0. The molecular formula is C22H19FN4O3. The highest BCUT2D eigenvalue weighted by Gasteiger charge is 2.20. The number of amides is 1. The molecule has 0 aliphatic carbocycles. The van der Waals surface area contributed by atoms with E-state index in [9.17, 15) is 9.18 Å². The minimum atomic E-state index is -0.408. The summed E-state index contributed by atoms with van der Waals surface area (Å²) in [5, 5.41) is 7.21. The summed E-state index contributed by atoms with van der Waals surface area (Å²) in [6, 6.07) is 13.7. The van der Waals surface area contributed by atoms with Crippen molar-refractivity contribution in [3.05, 3.63) is 71.3 Å². The molecule has 2 heterocycles. The van der Waals surface area contributed by atoms with E-state index < -0.39 is 5.82 Å². The van der Waals surface area contributed by atoms with E-state index in [4.69, 9.17) is 9.26 Å². The third-order valence-corrected chi connectivity index (χ3v) is 4.59. The van der Waals surface area contributed by atoms with Gasteiger partial charge in [-0.3, -0.25) is 4.79 Å². The van der Waals surface area contributed by atoms with Crippen molar-refractivity contribution >= 4 is 17.0 Å². The number of carbonyl (C=O) groups excluding carboxylic acids is 1. The van der Waals surface area contributed by atoms with Gasteiger partial charge in [0.05, 0.1) is 0 Å². The van der Waals surface area contributed by atoms with E-state index in [1.807, 2.05) is 31.2 Å². The minimum absolute atomic E-state index is 0.157. The van der Waals surface area contributed by atoms with Crippen LogP contribution in [0.25, 0.3) is 22.4 Å². The smallest absolute Gasteiger partial charge is 0.265 e. The van der Waals surface area contributed by atoms with Gasteiger partial charge in [-0.2, -0.15) is 9.97 Å². The maximum absolute atomic E-state index is 13.7. The lowest BCUT2D eigenvalue weighted by Crippen LogP contribution is -2.28. The lowest BCUT2D eigenvalue weighted by molar-refractivity contribution is -0.123. The van der Waals surface area contributed by atoms with Gasteiger partial charge in [0, 0.05) is 12.1 Å². The third-order valence-electron chi connectivity index (χ3n) is 4.59. The van der Waals surface area contributed by atoms with Crippen LogP contribution in [0.15, 0.2) is 53.1 Å². The summed E-state index contributed by atoms with van der Waals surface area (Å²) in [6.45, 7) is 3.81. The highest BCUT2D eigenvalue weighted by molar-refractivity contribution is 5.93. The van der Waals surface area contributed by atoms with Gasteiger partial charge < -0.3 is 14.6 Å². The SMILES string of the molecule is Cc1nc(OCC(=O)NCc2ccccc2C)c2c(-c3cccc(F)c3)noc2n1. The molecule has 0 fully saturated rings. The average Bonchev–Trinajstić information content (AvgIpc) is 3.15. The van der Waals surface area contributed by atoms with Crippen LogP contribution < -0.4 is 10.1 Å². The molecule has 7 nitrogen and oxygen atoms in total. The van der Waals surface area contributed by atoms with Gasteiger partial charge in [0.2, 0.25) is 5.88 Å². The zero-order chi connectivity index (χ0) is 21.1. The van der Waals surface area contributed by atoms with Gasteiger partial charge in [-0.05, 0) is 37.1 Å². The highest BCUT2D eigenvalue weighted by atomic mass is 19.1. The average molecular weight is 406 g/mol.